The molecular formula is C16H18N4O3. The van der Waals surface area contributed by atoms with Crippen molar-refractivity contribution >= 4 is 22.6 Å². The van der Waals surface area contributed by atoms with Crippen molar-refractivity contribution < 1.29 is 9.21 Å². The molecule has 0 spiro atoms. The Hall–Kier alpha value is -2.80. The van der Waals surface area contributed by atoms with Crippen LogP contribution >= 0.6 is 0 Å². The van der Waals surface area contributed by atoms with Crippen molar-refractivity contribution in [2.45, 2.75) is 19.5 Å². The first kappa shape index (κ1) is 15.1. The van der Waals surface area contributed by atoms with Crippen LogP contribution in [0.4, 0.5) is 5.69 Å². The Balaban J connectivity index is 1.67. The molecule has 1 atom stereocenters. The van der Waals surface area contributed by atoms with Gasteiger partial charge in [-0.25, -0.2) is 4.79 Å². The number of carbonyl (C=O) groups excluding carboxylic acids is 1. The van der Waals surface area contributed by atoms with Crippen LogP contribution in [0.25, 0.3) is 11.0 Å². The minimum atomic E-state index is -0.332. The minimum absolute atomic E-state index is 0.128. The van der Waals surface area contributed by atoms with E-state index in [-0.39, 0.29) is 17.6 Å². The summed E-state index contributed by atoms with van der Waals surface area (Å²) in [5, 5.41) is 2.86. The van der Waals surface area contributed by atoms with Gasteiger partial charge in [0.1, 0.15) is 5.76 Å². The molecule has 0 radical (unpaired) electrons. The van der Waals surface area contributed by atoms with E-state index in [1.165, 1.54) is 0 Å². The number of nitrogens with zero attached hydrogens (tertiary/aromatic N) is 1. The quantitative estimate of drug-likeness (QED) is 0.670. The summed E-state index contributed by atoms with van der Waals surface area (Å²) < 4.78 is 5.29. The normalized spacial score (nSPS) is 12.7. The summed E-state index contributed by atoms with van der Waals surface area (Å²) in [5.74, 6) is 0.676. The van der Waals surface area contributed by atoms with Gasteiger partial charge >= 0.3 is 5.69 Å². The Morgan fingerprint density at radius 1 is 1.30 bits per heavy atom. The zero-order valence-electron chi connectivity index (χ0n) is 12.9. The smallest absolute Gasteiger partial charge is 0.323 e. The zero-order valence-corrected chi connectivity index (χ0v) is 12.9. The highest BCUT2D eigenvalue weighted by Crippen LogP contribution is 2.15. The summed E-state index contributed by atoms with van der Waals surface area (Å²) in [6, 6.07) is 8.59. The molecule has 3 rings (SSSR count). The van der Waals surface area contributed by atoms with Crippen molar-refractivity contribution in [3.8, 4) is 0 Å². The monoisotopic (exact) mass is 314 g/mol. The second-order valence-electron chi connectivity index (χ2n) is 5.50. The zero-order chi connectivity index (χ0) is 16.4. The van der Waals surface area contributed by atoms with Crippen LogP contribution in [0.3, 0.4) is 0 Å². The van der Waals surface area contributed by atoms with Gasteiger partial charge in [-0.3, -0.25) is 9.69 Å². The molecule has 120 valence electrons. The summed E-state index contributed by atoms with van der Waals surface area (Å²) in [4.78, 5) is 30.8. The summed E-state index contributed by atoms with van der Waals surface area (Å²) in [6.45, 7) is 2.38. The molecule has 0 saturated heterocycles. The number of hydrogen-bond donors (Lipinski definition) is 3. The number of rotatable bonds is 5. The van der Waals surface area contributed by atoms with Crippen molar-refractivity contribution in [1.82, 2.24) is 14.9 Å². The molecule has 0 bridgehead atoms. The number of benzene rings is 1. The third kappa shape index (κ3) is 3.35. The molecule has 2 aromatic heterocycles. The van der Waals surface area contributed by atoms with Gasteiger partial charge in [0.15, 0.2) is 0 Å². The van der Waals surface area contributed by atoms with Crippen LogP contribution in [-0.4, -0.2) is 33.9 Å². The van der Waals surface area contributed by atoms with E-state index in [0.717, 1.165) is 5.76 Å². The van der Waals surface area contributed by atoms with Crippen LogP contribution in [0.15, 0.2) is 45.8 Å². The Morgan fingerprint density at radius 2 is 2.09 bits per heavy atom. The first-order chi connectivity index (χ1) is 11.0. The van der Waals surface area contributed by atoms with Gasteiger partial charge < -0.3 is 19.7 Å². The van der Waals surface area contributed by atoms with Gasteiger partial charge in [-0.2, -0.15) is 0 Å². The van der Waals surface area contributed by atoms with Gasteiger partial charge in [-0.1, -0.05) is 0 Å². The standard InChI is InChI=1S/C16H18N4O3/c1-10(20(2)9-12-4-3-7-23-12)15(21)17-11-5-6-13-14(8-11)19-16(22)18-13/h3-8,10H,9H2,1-2H3,(H,17,21)(H2,18,19,22)/t10-/m0/s1. The molecule has 3 aromatic rings. The first-order valence-corrected chi connectivity index (χ1v) is 7.28. The van der Waals surface area contributed by atoms with Gasteiger partial charge in [-0.15, -0.1) is 0 Å². The van der Waals surface area contributed by atoms with E-state index in [9.17, 15) is 9.59 Å². The Kier molecular flexibility index (Phi) is 4.03. The van der Waals surface area contributed by atoms with E-state index in [4.69, 9.17) is 4.42 Å². The average molecular weight is 314 g/mol. The maximum Gasteiger partial charge on any atom is 0.323 e. The first-order valence-electron chi connectivity index (χ1n) is 7.28. The molecule has 0 fully saturated rings. The van der Waals surface area contributed by atoms with E-state index >= 15 is 0 Å². The fourth-order valence-corrected chi connectivity index (χ4v) is 2.34. The van der Waals surface area contributed by atoms with E-state index in [1.54, 1.807) is 24.5 Å². The molecule has 2 heterocycles. The topological polar surface area (TPSA) is 94.1 Å². The molecule has 7 nitrogen and oxygen atoms in total. The van der Waals surface area contributed by atoms with Crippen molar-refractivity contribution in [3.05, 3.63) is 52.8 Å². The lowest BCUT2D eigenvalue weighted by molar-refractivity contribution is -0.120. The molecule has 23 heavy (non-hydrogen) atoms. The summed E-state index contributed by atoms with van der Waals surface area (Å²) in [6.07, 6.45) is 1.61. The van der Waals surface area contributed by atoms with Crippen molar-refractivity contribution in [1.29, 1.82) is 0 Å². The van der Waals surface area contributed by atoms with E-state index < -0.39 is 0 Å². The highest BCUT2D eigenvalue weighted by Gasteiger charge is 2.19. The molecule has 1 aromatic carbocycles. The third-order valence-corrected chi connectivity index (χ3v) is 3.81. The fraction of sp³-hybridized carbons (Fsp3) is 0.250. The maximum atomic E-state index is 12.4. The second-order valence-corrected chi connectivity index (χ2v) is 5.50. The molecule has 0 aliphatic rings. The van der Waals surface area contributed by atoms with Crippen molar-refractivity contribution in [2.75, 3.05) is 12.4 Å². The number of aromatic nitrogens is 2. The lowest BCUT2D eigenvalue weighted by atomic mass is 10.2. The summed E-state index contributed by atoms with van der Waals surface area (Å²) in [7, 11) is 1.86. The number of H-pyrrole nitrogens is 2. The molecule has 3 N–H and O–H groups in total. The Morgan fingerprint density at radius 3 is 2.83 bits per heavy atom. The van der Waals surface area contributed by atoms with Crippen LogP contribution in [0, 0.1) is 0 Å². The van der Waals surface area contributed by atoms with Crippen LogP contribution in [0.1, 0.15) is 12.7 Å². The second kappa shape index (κ2) is 6.13. The highest BCUT2D eigenvalue weighted by atomic mass is 16.3. The number of hydrogen-bond acceptors (Lipinski definition) is 4. The van der Waals surface area contributed by atoms with Crippen molar-refractivity contribution in [2.24, 2.45) is 0 Å². The van der Waals surface area contributed by atoms with Crippen LogP contribution in [-0.2, 0) is 11.3 Å². The van der Waals surface area contributed by atoms with E-state index in [1.807, 2.05) is 31.0 Å². The number of imidazole rings is 1. The number of nitrogens with one attached hydrogen (secondary N) is 3. The van der Waals surface area contributed by atoms with E-state index in [2.05, 4.69) is 15.3 Å². The van der Waals surface area contributed by atoms with Crippen molar-refractivity contribution in [3.63, 3.8) is 0 Å². The number of anilines is 1. The molecule has 0 aliphatic carbocycles. The highest BCUT2D eigenvalue weighted by molar-refractivity contribution is 5.96. The lowest BCUT2D eigenvalue weighted by Crippen LogP contribution is -2.39. The van der Waals surface area contributed by atoms with Crippen LogP contribution in [0.5, 0.6) is 0 Å². The van der Waals surface area contributed by atoms with Gasteiger partial charge in [-0.05, 0) is 44.3 Å². The minimum Gasteiger partial charge on any atom is -0.468 e. The molecule has 1 amide bonds. The third-order valence-electron chi connectivity index (χ3n) is 3.81. The number of likely N-dealkylation sites (N-methyl/N-ethyl adjacent to an activating group) is 1. The Bertz CT molecular complexity index is 863. The molecule has 7 heteroatoms. The molecule has 0 aliphatic heterocycles. The summed E-state index contributed by atoms with van der Waals surface area (Å²) in [5.41, 5.74) is 1.73. The average Bonchev–Trinajstić information content (AvgIpc) is 3.14. The number of aromatic amines is 2. The SMILES string of the molecule is C[C@@H](C(=O)Nc1ccc2[nH]c(=O)[nH]c2c1)N(C)Cc1ccco1. The fourth-order valence-electron chi connectivity index (χ4n) is 2.34. The van der Waals surface area contributed by atoms with E-state index in [0.29, 0.717) is 23.3 Å². The largest absolute Gasteiger partial charge is 0.468 e. The number of fused-ring (bicyclic) bond motifs is 1. The predicted molar refractivity (Wildman–Crippen MR) is 87.2 cm³/mol. The summed E-state index contributed by atoms with van der Waals surface area (Å²) >= 11 is 0. The molecule has 0 unspecified atom stereocenters. The maximum absolute atomic E-state index is 12.4. The lowest BCUT2D eigenvalue weighted by Gasteiger charge is -2.22. The van der Waals surface area contributed by atoms with Gasteiger partial charge in [0, 0.05) is 5.69 Å². The van der Waals surface area contributed by atoms with Gasteiger partial charge in [0.05, 0.1) is 29.9 Å². The van der Waals surface area contributed by atoms with Crippen LogP contribution in [0.2, 0.25) is 0 Å². The Labute approximate surface area is 132 Å². The predicted octanol–water partition coefficient (Wildman–Crippen LogP) is 1.91. The molecular weight excluding hydrogens is 296 g/mol. The van der Waals surface area contributed by atoms with Gasteiger partial charge in [0.25, 0.3) is 0 Å². The number of carbonyl (C=O) groups is 1. The molecule has 0 saturated carbocycles. The number of amides is 1. The van der Waals surface area contributed by atoms with Crippen LogP contribution < -0.4 is 11.0 Å². The number of furan rings is 1. The van der Waals surface area contributed by atoms with Gasteiger partial charge in [0.2, 0.25) is 5.91 Å².